The minimum atomic E-state index is -0.00222. The quantitative estimate of drug-likeness (QED) is 0.787. The van der Waals surface area contributed by atoms with E-state index in [1.54, 1.807) is 0 Å². The van der Waals surface area contributed by atoms with Crippen molar-refractivity contribution >= 4 is 21.7 Å². The molecule has 4 heteroatoms. The smallest absolute Gasteiger partial charge is 0.172 e. The van der Waals surface area contributed by atoms with Gasteiger partial charge in [-0.1, -0.05) is 15.9 Å². The van der Waals surface area contributed by atoms with E-state index in [1.807, 2.05) is 12.1 Å². The van der Waals surface area contributed by atoms with Crippen LogP contribution in [0, 0.1) is 5.92 Å². The van der Waals surface area contributed by atoms with Crippen LogP contribution in [-0.2, 0) is 11.2 Å². The molecule has 0 bridgehead atoms. The zero-order valence-electron chi connectivity index (χ0n) is 9.37. The predicted octanol–water partition coefficient (Wildman–Crippen LogP) is 2.60. The predicted molar refractivity (Wildman–Crippen MR) is 66.6 cm³/mol. The number of hydrogen-bond donors (Lipinski definition) is 0. The molecular weight excluding hydrogens is 284 g/mol. The van der Waals surface area contributed by atoms with Crippen LogP contribution in [0.5, 0.6) is 5.75 Å². The molecular formula is C13H13BrO3. The van der Waals surface area contributed by atoms with Gasteiger partial charge in [0.05, 0.1) is 18.8 Å². The molecule has 2 aliphatic heterocycles. The summed E-state index contributed by atoms with van der Waals surface area (Å²) in [4.78, 5) is 12.4. The highest BCUT2D eigenvalue weighted by atomic mass is 79.9. The van der Waals surface area contributed by atoms with Crippen molar-refractivity contribution in [2.75, 3.05) is 19.8 Å². The maximum atomic E-state index is 12.4. The van der Waals surface area contributed by atoms with Gasteiger partial charge < -0.3 is 9.47 Å². The van der Waals surface area contributed by atoms with E-state index in [-0.39, 0.29) is 11.7 Å². The number of hydrogen-bond acceptors (Lipinski definition) is 3. The Morgan fingerprint density at radius 2 is 2.24 bits per heavy atom. The molecule has 1 atom stereocenters. The lowest BCUT2D eigenvalue weighted by Gasteiger charge is -2.11. The zero-order valence-corrected chi connectivity index (χ0v) is 11.0. The van der Waals surface area contributed by atoms with E-state index in [4.69, 9.17) is 9.47 Å². The molecule has 2 aliphatic rings. The van der Waals surface area contributed by atoms with Crippen LogP contribution in [0.25, 0.3) is 0 Å². The summed E-state index contributed by atoms with van der Waals surface area (Å²) in [6.07, 6.45) is 1.70. The Bertz CT molecular complexity index is 464. The number of ketones is 1. The van der Waals surface area contributed by atoms with Gasteiger partial charge in [0.1, 0.15) is 5.75 Å². The Morgan fingerprint density at radius 1 is 1.35 bits per heavy atom. The maximum Gasteiger partial charge on any atom is 0.172 e. The van der Waals surface area contributed by atoms with Crippen LogP contribution in [0.2, 0.25) is 0 Å². The molecule has 2 heterocycles. The number of carbonyl (C=O) groups is 1. The summed E-state index contributed by atoms with van der Waals surface area (Å²) in [7, 11) is 0. The van der Waals surface area contributed by atoms with Gasteiger partial charge in [0.25, 0.3) is 0 Å². The SMILES string of the molecule is O=C(c1cc(Br)cc2c1OCC2)C1CCOC1. The van der Waals surface area contributed by atoms with Crippen LogP contribution in [0.1, 0.15) is 22.3 Å². The molecule has 1 saturated heterocycles. The van der Waals surface area contributed by atoms with Gasteiger partial charge in [0.15, 0.2) is 5.78 Å². The molecule has 1 fully saturated rings. The van der Waals surface area contributed by atoms with Crippen LogP contribution < -0.4 is 4.74 Å². The van der Waals surface area contributed by atoms with Crippen LogP contribution in [0.4, 0.5) is 0 Å². The van der Waals surface area contributed by atoms with E-state index in [0.29, 0.717) is 25.4 Å². The number of ether oxygens (including phenoxy) is 2. The maximum absolute atomic E-state index is 12.4. The van der Waals surface area contributed by atoms with Crippen molar-refractivity contribution in [3.63, 3.8) is 0 Å². The Balaban J connectivity index is 1.99. The molecule has 1 aromatic carbocycles. The fraction of sp³-hybridized carbons (Fsp3) is 0.462. The van der Waals surface area contributed by atoms with Gasteiger partial charge in [-0.25, -0.2) is 0 Å². The summed E-state index contributed by atoms with van der Waals surface area (Å²) in [5.41, 5.74) is 1.84. The summed E-state index contributed by atoms with van der Waals surface area (Å²) in [6.45, 7) is 1.90. The number of carbonyl (C=O) groups excluding carboxylic acids is 1. The highest BCUT2D eigenvalue weighted by Crippen LogP contribution is 2.35. The molecule has 0 radical (unpaired) electrons. The minimum absolute atomic E-state index is 0.00222. The van der Waals surface area contributed by atoms with Gasteiger partial charge in [0, 0.05) is 23.4 Å². The highest BCUT2D eigenvalue weighted by molar-refractivity contribution is 9.10. The van der Waals surface area contributed by atoms with E-state index in [0.717, 1.165) is 28.6 Å². The Labute approximate surface area is 108 Å². The number of benzene rings is 1. The third kappa shape index (κ3) is 2.00. The van der Waals surface area contributed by atoms with Gasteiger partial charge in [-0.15, -0.1) is 0 Å². The third-order valence-electron chi connectivity index (χ3n) is 3.31. The molecule has 0 aromatic heterocycles. The first kappa shape index (κ1) is 11.2. The van der Waals surface area contributed by atoms with Gasteiger partial charge >= 0.3 is 0 Å². The lowest BCUT2D eigenvalue weighted by atomic mass is 9.95. The Kier molecular flexibility index (Phi) is 2.92. The molecule has 0 aliphatic carbocycles. The summed E-state index contributed by atoms with van der Waals surface area (Å²) in [5.74, 6) is 0.935. The fourth-order valence-electron chi connectivity index (χ4n) is 2.41. The highest BCUT2D eigenvalue weighted by Gasteiger charge is 2.29. The molecule has 0 spiro atoms. The topological polar surface area (TPSA) is 35.5 Å². The van der Waals surface area contributed by atoms with Gasteiger partial charge in [-0.2, -0.15) is 0 Å². The fourth-order valence-corrected chi connectivity index (χ4v) is 2.92. The average Bonchev–Trinajstić information content (AvgIpc) is 2.97. The van der Waals surface area contributed by atoms with Crippen molar-refractivity contribution in [1.82, 2.24) is 0 Å². The van der Waals surface area contributed by atoms with Crippen LogP contribution in [0.3, 0.4) is 0 Å². The lowest BCUT2D eigenvalue weighted by molar-refractivity contribution is 0.0897. The molecule has 0 N–H and O–H groups in total. The van der Waals surface area contributed by atoms with E-state index in [1.165, 1.54) is 0 Å². The second-order valence-electron chi connectivity index (χ2n) is 4.46. The Hall–Kier alpha value is -0.870. The van der Waals surface area contributed by atoms with Crippen molar-refractivity contribution < 1.29 is 14.3 Å². The number of rotatable bonds is 2. The van der Waals surface area contributed by atoms with E-state index in [2.05, 4.69) is 15.9 Å². The first-order valence-electron chi connectivity index (χ1n) is 5.83. The van der Waals surface area contributed by atoms with Crippen LogP contribution in [-0.4, -0.2) is 25.6 Å². The normalized spacial score (nSPS) is 22.3. The molecule has 1 unspecified atom stereocenters. The van der Waals surface area contributed by atoms with Crippen molar-refractivity contribution in [2.45, 2.75) is 12.8 Å². The second-order valence-corrected chi connectivity index (χ2v) is 5.38. The lowest BCUT2D eigenvalue weighted by Crippen LogP contribution is -2.15. The van der Waals surface area contributed by atoms with E-state index < -0.39 is 0 Å². The Morgan fingerprint density at radius 3 is 3.00 bits per heavy atom. The van der Waals surface area contributed by atoms with Crippen LogP contribution in [0.15, 0.2) is 16.6 Å². The van der Waals surface area contributed by atoms with Crippen LogP contribution >= 0.6 is 15.9 Å². The number of halogens is 1. The second kappa shape index (κ2) is 4.42. The largest absolute Gasteiger partial charge is 0.492 e. The summed E-state index contributed by atoms with van der Waals surface area (Å²) < 4.78 is 11.8. The number of Topliss-reactive ketones (excluding diaryl/α,β-unsaturated/α-hetero) is 1. The summed E-state index contributed by atoms with van der Waals surface area (Å²) >= 11 is 3.45. The van der Waals surface area contributed by atoms with Crippen molar-refractivity contribution in [3.8, 4) is 5.75 Å². The molecule has 90 valence electrons. The average molecular weight is 297 g/mol. The number of fused-ring (bicyclic) bond motifs is 1. The molecule has 3 rings (SSSR count). The molecule has 0 saturated carbocycles. The standard InChI is InChI=1S/C13H13BrO3/c14-10-5-8-2-4-17-13(8)11(6-10)12(15)9-1-3-16-7-9/h5-6,9H,1-4,7H2. The monoisotopic (exact) mass is 296 g/mol. The van der Waals surface area contributed by atoms with Gasteiger partial charge in [0.2, 0.25) is 0 Å². The van der Waals surface area contributed by atoms with Gasteiger partial charge in [-0.3, -0.25) is 4.79 Å². The molecule has 1 aromatic rings. The van der Waals surface area contributed by atoms with E-state index in [9.17, 15) is 4.79 Å². The summed E-state index contributed by atoms with van der Waals surface area (Å²) in [5, 5.41) is 0. The molecule has 17 heavy (non-hydrogen) atoms. The van der Waals surface area contributed by atoms with E-state index >= 15 is 0 Å². The van der Waals surface area contributed by atoms with Crippen molar-refractivity contribution in [3.05, 3.63) is 27.7 Å². The van der Waals surface area contributed by atoms with Gasteiger partial charge in [-0.05, 0) is 24.1 Å². The molecule has 0 amide bonds. The van der Waals surface area contributed by atoms with Crippen molar-refractivity contribution in [1.29, 1.82) is 0 Å². The first-order chi connectivity index (χ1) is 8.25. The third-order valence-corrected chi connectivity index (χ3v) is 3.77. The molecule has 3 nitrogen and oxygen atoms in total. The summed E-state index contributed by atoms with van der Waals surface area (Å²) in [6, 6.07) is 3.90. The minimum Gasteiger partial charge on any atom is -0.492 e. The zero-order chi connectivity index (χ0) is 11.8. The first-order valence-corrected chi connectivity index (χ1v) is 6.62. The van der Waals surface area contributed by atoms with Crippen molar-refractivity contribution in [2.24, 2.45) is 5.92 Å².